The van der Waals surface area contributed by atoms with E-state index in [1.807, 2.05) is 38.1 Å². The van der Waals surface area contributed by atoms with Gasteiger partial charge in [-0.25, -0.2) is 0 Å². The number of nitrogens with two attached hydrogens (primary N) is 1. The summed E-state index contributed by atoms with van der Waals surface area (Å²) in [4.78, 5) is 0. The molecule has 2 rings (SSSR count). The van der Waals surface area contributed by atoms with Crippen LogP contribution in [0, 0.1) is 0 Å². The Balaban J connectivity index is 2.15. The van der Waals surface area contributed by atoms with Gasteiger partial charge in [0.05, 0.1) is 12.2 Å². The van der Waals surface area contributed by atoms with Gasteiger partial charge >= 0.3 is 0 Å². The second kappa shape index (κ2) is 4.85. The van der Waals surface area contributed by atoms with Crippen molar-refractivity contribution in [2.75, 3.05) is 6.61 Å². The van der Waals surface area contributed by atoms with Crippen molar-refractivity contribution >= 4 is 0 Å². The summed E-state index contributed by atoms with van der Waals surface area (Å²) >= 11 is 0. The van der Waals surface area contributed by atoms with Gasteiger partial charge < -0.3 is 15.2 Å². The van der Waals surface area contributed by atoms with E-state index >= 15 is 0 Å². The third-order valence-corrected chi connectivity index (χ3v) is 2.70. The van der Waals surface area contributed by atoms with Crippen LogP contribution in [-0.2, 0) is 4.74 Å². The summed E-state index contributed by atoms with van der Waals surface area (Å²) in [5, 5.41) is 0. The van der Waals surface area contributed by atoms with Gasteiger partial charge in [-0.2, -0.15) is 0 Å². The maximum atomic E-state index is 6.00. The van der Waals surface area contributed by atoms with Crippen LogP contribution in [0.25, 0.3) is 0 Å². The Labute approximate surface area is 96.5 Å². The van der Waals surface area contributed by atoms with Crippen LogP contribution < -0.4 is 10.5 Å². The van der Waals surface area contributed by atoms with Gasteiger partial charge in [0.2, 0.25) is 0 Å². The van der Waals surface area contributed by atoms with Crippen LogP contribution in [0.15, 0.2) is 24.3 Å². The van der Waals surface area contributed by atoms with Gasteiger partial charge in [0, 0.05) is 12.6 Å². The fourth-order valence-electron chi connectivity index (χ4n) is 1.99. The van der Waals surface area contributed by atoms with E-state index in [-0.39, 0.29) is 18.2 Å². The molecule has 0 radical (unpaired) electrons. The molecule has 0 aliphatic carbocycles. The average Bonchev–Trinajstić information content (AvgIpc) is 2.64. The van der Waals surface area contributed by atoms with E-state index in [0.717, 1.165) is 24.3 Å². The standard InChI is InChI=1S/C13H19NO2/c1-9(2)16-11-5-3-4-10(8-11)13-12(14)6-7-15-13/h3-5,8-9,12-13H,6-7,14H2,1-2H3. The molecule has 1 fully saturated rings. The molecule has 0 bridgehead atoms. The highest BCUT2D eigenvalue weighted by molar-refractivity contribution is 5.31. The Bertz CT molecular complexity index is 352. The highest BCUT2D eigenvalue weighted by Crippen LogP contribution is 2.29. The third kappa shape index (κ3) is 2.54. The Hall–Kier alpha value is -1.06. The lowest BCUT2D eigenvalue weighted by Crippen LogP contribution is -2.23. The molecule has 0 spiro atoms. The van der Waals surface area contributed by atoms with Crippen molar-refractivity contribution in [3.63, 3.8) is 0 Å². The van der Waals surface area contributed by atoms with Crippen LogP contribution in [-0.4, -0.2) is 18.8 Å². The number of hydrogen-bond donors (Lipinski definition) is 1. The summed E-state index contributed by atoms with van der Waals surface area (Å²) in [5.74, 6) is 0.884. The fourth-order valence-corrected chi connectivity index (χ4v) is 1.99. The monoisotopic (exact) mass is 221 g/mol. The SMILES string of the molecule is CC(C)Oc1cccc(C2OCCC2N)c1. The van der Waals surface area contributed by atoms with E-state index in [9.17, 15) is 0 Å². The highest BCUT2D eigenvalue weighted by Gasteiger charge is 2.26. The first-order valence-corrected chi connectivity index (χ1v) is 5.80. The van der Waals surface area contributed by atoms with Crippen molar-refractivity contribution in [1.82, 2.24) is 0 Å². The molecule has 1 saturated heterocycles. The molecule has 1 aromatic rings. The summed E-state index contributed by atoms with van der Waals surface area (Å²) in [6.45, 7) is 4.79. The molecule has 3 heteroatoms. The molecule has 3 nitrogen and oxygen atoms in total. The first-order valence-electron chi connectivity index (χ1n) is 5.80. The molecule has 2 atom stereocenters. The molecular formula is C13H19NO2. The lowest BCUT2D eigenvalue weighted by atomic mass is 10.0. The molecule has 0 saturated carbocycles. The van der Waals surface area contributed by atoms with Crippen LogP contribution in [0.4, 0.5) is 0 Å². The lowest BCUT2D eigenvalue weighted by molar-refractivity contribution is 0.104. The molecule has 1 heterocycles. The summed E-state index contributed by atoms with van der Waals surface area (Å²) in [6, 6.07) is 8.12. The molecule has 16 heavy (non-hydrogen) atoms. The first-order chi connectivity index (χ1) is 7.66. The minimum Gasteiger partial charge on any atom is -0.491 e. The summed E-state index contributed by atoms with van der Waals surface area (Å²) in [6.07, 6.45) is 1.14. The molecule has 0 aromatic heterocycles. The van der Waals surface area contributed by atoms with Gasteiger partial charge in [0.1, 0.15) is 5.75 Å². The Morgan fingerprint density at radius 2 is 2.25 bits per heavy atom. The predicted octanol–water partition coefficient (Wildman–Crippen LogP) is 2.26. The molecule has 0 amide bonds. The largest absolute Gasteiger partial charge is 0.491 e. The predicted molar refractivity (Wildman–Crippen MR) is 63.5 cm³/mol. The Morgan fingerprint density at radius 1 is 1.44 bits per heavy atom. The molecular weight excluding hydrogens is 202 g/mol. The number of rotatable bonds is 3. The molecule has 2 N–H and O–H groups in total. The van der Waals surface area contributed by atoms with Crippen molar-refractivity contribution in [3.05, 3.63) is 29.8 Å². The Kier molecular flexibility index (Phi) is 3.46. The zero-order valence-corrected chi connectivity index (χ0v) is 9.85. The second-order valence-corrected chi connectivity index (χ2v) is 4.48. The number of ether oxygens (including phenoxy) is 2. The molecule has 2 unspecified atom stereocenters. The number of hydrogen-bond acceptors (Lipinski definition) is 3. The van der Waals surface area contributed by atoms with Crippen LogP contribution in [0.2, 0.25) is 0 Å². The smallest absolute Gasteiger partial charge is 0.120 e. The van der Waals surface area contributed by atoms with Gasteiger partial charge in [-0.1, -0.05) is 12.1 Å². The molecule has 88 valence electrons. The van der Waals surface area contributed by atoms with Crippen LogP contribution >= 0.6 is 0 Å². The van der Waals surface area contributed by atoms with E-state index in [4.69, 9.17) is 15.2 Å². The van der Waals surface area contributed by atoms with Crippen LogP contribution in [0.1, 0.15) is 31.9 Å². The quantitative estimate of drug-likeness (QED) is 0.851. The number of benzene rings is 1. The molecule has 1 aliphatic rings. The highest BCUT2D eigenvalue weighted by atomic mass is 16.5. The van der Waals surface area contributed by atoms with Crippen molar-refractivity contribution in [1.29, 1.82) is 0 Å². The molecule has 1 aromatic carbocycles. The van der Waals surface area contributed by atoms with Gasteiger partial charge in [-0.3, -0.25) is 0 Å². The van der Waals surface area contributed by atoms with Crippen molar-refractivity contribution < 1.29 is 9.47 Å². The third-order valence-electron chi connectivity index (χ3n) is 2.70. The minimum atomic E-state index is 0.0238. The zero-order valence-electron chi connectivity index (χ0n) is 9.85. The van der Waals surface area contributed by atoms with Gasteiger partial charge in [-0.05, 0) is 38.0 Å². The second-order valence-electron chi connectivity index (χ2n) is 4.48. The van der Waals surface area contributed by atoms with E-state index in [1.165, 1.54) is 0 Å². The van der Waals surface area contributed by atoms with Crippen LogP contribution in [0.3, 0.4) is 0 Å². The summed E-state index contributed by atoms with van der Waals surface area (Å²) in [5.41, 5.74) is 7.11. The first kappa shape index (κ1) is 11.4. The Morgan fingerprint density at radius 3 is 2.88 bits per heavy atom. The van der Waals surface area contributed by atoms with Gasteiger partial charge in [0.15, 0.2) is 0 Å². The van der Waals surface area contributed by atoms with E-state index < -0.39 is 0 Å². The van der Waals surface area contributed by atoms with Crippen molar-refractivity contribution in [2.24, 2.45) is 5.73 Å². The average molecular weight is 221 g/mol. The van der Waals surface area contributed by atoms with Gasteiger partial charge in [-0.15, -0.1) is 0 Å². The summed E-state index contributed by atoms with van der Waals surface area (Å²) in [7, 11) is 0. The topological polar surface area (TPSA) is 44.5 Å². The zero-order chi connectivity index (χ0) is 11.5. The lowest BCUT2D eigenvalue weighted by Gasteiger charge is -2.17. The fraction of sp³-hybridized carbons (Fsp3) is 0.538. The van der Waals surface area contributed by atoms with Gasteiger partial charge in [0.25, 0.3) is 0 Å². The van der Waals surface area contributed by atoms with Crippen molar-refractivity contribution in [2.45, 2.75) is 38.5 Å². The summed E-state index contributed by atoms with van der Waals surface area (Å²) < 4.78 is 11.3. The van der Waals surface area contributed by atoms with E-state index in [2.05, 4.69) is 0 Å². The van der Waals surface area contributed by atoms with Crippen molar-refractivity contribution in [3.8, 4) is 5.75 Å². The molecule has 1 aliphatic heterocycles. The van der Waals surface area contributed by atoms with Crippen LogP contribution in [0.5, 0.6) is 5.75 Å². The van der Waals surface area contributed by atoms with E-state index in [1.54, 1.807) is 0 Å². The minimum absolute atomic E-state index is 0.0238. The van der Waals surface area contributed by atoms with E-state index in [0.29, 0.717) is 0 Å². The maximum Gasteiger partial charge on any atom is 0.120 e. The maximum absolute atomic E-state index is 6.00. The normalized spacial score (nSPS) is 25.0.